The third-order valence-electron chi connectivity index (χ3n) is 2.68. The molecule has 0 saturated heterocycles. The SMILES string of the molecule is Cc1nn(C)c2ncc(NC(=O)CCCCl)cc12. The zero-order valence-electron chi connectivity index (χ0n) is 10.4. The van der Waals surface area contributed by atoms with E-state index in [4.69, 9.17) is 11.6 Å². The number of nitrogens with zero attached hydrogens (tertiary/aromatic N) is 3. The Kier molecular flexibility index (Phi) is 3.81. The molecule has 0 aliphatic rings. The van der Waals surface area contributed by atoms with Crippen LogP contribution in [0.1, 0.15) is 18.5 Å². The Labute approximate surface area is 110 Å². The van der Waals surface area contributed by atoms with E-state index in [0.29, 0.717) is 24.4 Å². The van der Waals surface area contributed by atoms with Crippen molar-refractivity contribution in [3.63, 3.8) is 0 Å². The Bertz CT molecular complexity index is 579. The second kappa shape index (κ2) is 5.35. The molecule has 1 N–H and O–H groups in total. The minimum Gasteiger partial charge on any atom is -0.325 e. The largest absolute Gasteiger partial charge is 0.325 e. The number of amides is 1. The topological polar surface area (TPSA) is 59.8 Å². The van der Waals surface area contributed by atoms with Gasteiger partial charge >= 0.3 is 0 Å². The van der Waals surface area contributed by atoms with Crippen LogP contribution < -0.4 is 5.32 Å². The monoisotopic (exact) mass is 266 g/mol. The predicted octanol–water partition coefficient (Wildman–Crippen LogP) is 2.23. The summed E-state index contributed by atoms with van der Waals surface area (Å²) in [6.07, 6.45) is 2.74. The van der Waals surface area contributed by atoms with Gasteiger partial charge in [0.15, 0.2) is 5.65 Å². The third kappa shape index (κ3) is 2.61. The number of rotatable bonds is 4. The molecule has 2 aromatic rings. The lowest BCUT2D eigenvalue weighted by molar-refractivity contribution is -0.116. The van der Waals surface area contributed by atoms with Crippen LogP contribution in [0.15, 0.2) is 12.3 Å². The first kappa shape index (κ1) is 12.8. The molecule has 0 spiro atoms. The molecule has 0 atom stereocenters. The van der Waals surface area contributed by atoms with Crippen molar-refractivity contribution in [3.05, 3.63) is 18.0 Å². The highest BCUT2D eigenvalue weighted by molar-refractivity contribution is 6.18. The molecule has 0 aliphatic heterocycles. The fourth-order valence-electron chi connectivity index (χ4n) is 1.83. The summed E-state index contributed by atoms with van der Waals surface area (Å²) in [7, 11) is 1.85. The van der Waals surface area contributed by atoms with Crippen LogP contribution in [0.2, 0.25) is 0 Å². The summed E-state index contributed by atoms with van der Waals surface area (Å²) in [4.78, 5) is 15.9. The molecule has 0 aromatic carbocycles. The van der Waals surface area contributed by atoms with Crippen molar-refractivity contribution < 1.29 is 4.79 Å². The zero-order chi connectivity index (χ0) is 13.1. The van der Waals surface area contributed by atoms with Gasteiger partial charge in [-0.1, -0.05) is 0 Å². The van der Waals surface area contributed by atoms with Crippen LogP contribution in [-0.4, -0.2) is 26.6 Å². The number of anilines is 1. The van der Waals surface area contributed by atoms with Crippen molar-refractivity contribution in [2.24, 2.45) is 7.05 Å². The molecule has 0 unspecified atom stereocenters. The lowest BCUT2D eigenvalue weighted by atomic mass is 10.2. The molecular formula is C12H15ClN4O. The predicted molar refractivity (Wildman–Crippen MR) is 71.8 cm³/mol. The van der Waals surface area contributed by atoms with Gasteiger partial charge < -0.3 is 5.32 Å². The minimum absolute atomic E-state index is 0.0432. The number of hydrogen-bond donors (Lipinski definition) is 1. The summed E-state index contributed by atoms with van der Waals surface area (Å²) in [5.41, 5.74) is 2.40. The highest BCUT2D eigenvalue weighted by Gasteiger charge is 2.08. The summed E-state index contributed by atoms with van der Waals surface area (Å²) in [6, 6.07) is 1.89. The molecule has 0 saturated carbocycles. The van der Waals surface area contributed by atoms with Crippen LogP contribution in [-0.2, 0) is 11.8 Å². The quantitative estimate of drug-likeness (QED) is 0.864. The Morgan fingerprint density at radius 3 is 3.06 bits per heavy atom. The van der Waals surface area contributed by atoms with Crippen molar-refractivity contribution in [3.8, 4) is 0 Å². The molecule has 18 heavy (non-hydrogen) atoms. The summed E-state index contributed by atoms with van der Waals surface area (Å²) in [5, 5.41) is 8.04. The summed E-state index contributed by atoms with van der Waals surface area (Å²) < 4.78 is 1.73. The number of halogens is 1. The summed E-state index contributed by atoms with van der Waals surface area (Å²) in [6.45, 7) is 1.92. The Morgan fingerprint density at radius 2 is 2.33 bits per heavy atom. The molecule has 0 fully saturated rings. The van der Waals surface area contributed by atoms with Crippen molar-refractivity contribution in [2.45, 2.75) is 19.8 Å². The molecule has 96 valence electrons. The third-order valence-corrected chi connectivity index (χ3v) is 2.95. The Hall–Kier alpha value is -1.62. The lowest BCUT2D eigenvalue weighted by Crippen LogP contribution is -2.11. The number of aromatic nitrogens is 3. The van der Waals surface area contributed by atoms with E-state index >= 15 is 0 Å². The molecular weight excluding hydrogens is 252 g/mol. The van der Waals surface area contributed by atoms with Crippen LogP contribution in [0.3, 0.4) is 0 Å². The fraction of sp³-hybridized carbons (Fsp3) is 0.417. The average molecular weight is 267 g/mol. The second-order valence-electron chi connectivity index (χ2n) is 4.14. The zero-order valence-corrected chi connectivity index (χ0v) is 11.2. The number of nitrogens with one attached hydrogen (secondary N) is 1. The van der Waals surface area contributed by atoms with Gasteiger partial charge in [-0.25, -0.2) is 4.98 Å². The number of alkyl halides is 1. The van der Waals surface area contributed by atoms with Gasteiger partial charge in [-0.15, -0.1) is 11.6 Å². The van der Waals surface area contributed by atoms with E-state index in [1.165, 1.54) is 0 Å². The number of pyridine rings is 1. The molecule has 2 aromatic heterocycles. The number of carbonyl (C=O) groups is 1. The van der Waals surface area contributed by atoms with Gasteiger partial charge in [-0.2, -0.15) is 5.10 Å². The van der Waals surface area contributed by atoms with E-state index in [9.17, 15) is 4.79 Å². The van der Waals surface area contributed by atoms with E-state index in [-0.39, 0.29) is 5.91 Å². The fourth-order valence-corrected chi connectivity index (χ4v) is 1.96. The summed E-state index contributed by atoms with van der Waals surface area (Å²) in [5.74, 6) is 0.449. The highest BCUT2D eigenvalue weighted by Crippen LogP contribution is 2.19. The maximum Gasteiger partial charge on any atom is 0.224 e. The molecule has 5 nitrogen and oxygen atoms in total. The van der Waals surface area contributed by atoms with E-state index in [1.807, 2.05) is 20.0 Å². The van der Waals surface area contributed by atoms with E-state index in [2.05, 4.69) is 15.4 Å². The van der Waals surface area contributed by atoms with Crippen molar-refractivity contribution in [1.82, 2.24) is 14.8 Å². The van der Waals surface area contributed by atoms with Crippen LogP contribution in [0, 0.1) is 6.92 Å². The maximum atomic E-state index is 11.6. The van der Waals surface area contributed by atoms with Crippen molar-refractivity contribution in [2.75, 3.05) is 11.2 Å². The van der Waals surface area contributed by atoms with Gasteiger partial charge in [0.2, 0.25) is 5.91 Å². The molecule has 1 amide bonds. The normalized spacial score (nSPS) is 10.8. The first-order chi connectivity index (χ1) is 8.61. The molecule has 2 heterocycles. The number of hydrogen-bond acceptors (Lipinski definition) is 3. The van der Waals surface area contributed by atoms with Crippen molar-refractivity contribution in [1.29, 1.82) is 0 Å². The van der Waals surface area contributed by atoms with Gasteiger partial charge in [0.25, 0.3) is 0 Å². The van der Waals surface area contributed by atoms with E-state index < -0.39 is 0 Å². The maximum absolute atomic E-state index is 11.6. The molecule has 2 rings (SSSR count). The molecule has 6 heteroatoms. The Morgan fingerprint density at radius 1 is 1.56 bits per heavy atom. The van der Waals surface area contributed by atoms with Crippen LogP contribution in [0.4, 0.5) is 5.69 Å². The highest BCUT2D eigenvalue weighted by atomic mass is 35.5. The van der Waals surface area contributed by atoms with Gasteiger partial charge in [0.05, 0.1) is 17.6 Å². The molecule has 0 aliphatic carbocycles. The van der Waals surface area contributed by atoms with Gasteiger partial charge in [-0.3, -0.25) is 9.48 Å². The number of aryl methyl sites for hydroxylation is 2. The average Bonchev–Trinajstić information content (AvgIpc) is 2.62. The number of fused-ring (bicyclic) bond motifs is 1. The van der Waals surface area contributed by atoms with Gasteiger partial charge in [-0.05, 0) is 19.4 Å². The van der Waals surface area contributed by atoms with Gasteiger partial charge in [0.1, 0.15) is 0 Å². The minimum atomic E-state index is -0.0432. The standard InChI is InChI=1S/C12H15ClN4O/c1-8-10-6-9(15-11(18)4-3-5-13)7-14-12(10)17(2)16-8/h6-7H,3-5H2,1-2H3,(H,15,18). The van der Waals surface area contributed by atoms with Crippen LogP contribution in [0.5, 0.6) is 0 Å². The molecule has 0 bridgehead atoms. The summed E-state index contributed by atoms with van der Waals surface area (Å²) >= 11 is 5.55. The first-order valence-electron chi connectivity index (χ1n) is 5.77. The van der Waals surface area contributed by atoms with Crippen LogP contribution >= 0.6 is 11.6 Å². The van der Waals surface area contributed by atoms with E-state index in [0.717, 1.165) is 16.7 Å². The second-order valence-corrected chi connectivity index (χ2v) is 4.52. The Balaban J connectivity index is 2.20. The first-order valence-corrected chi connectivity index (χ1v) is 6.30. The van der Waals surface area contributed by atoms with E-state index in [1.54, 1.807) is 10.9 Å². The lowest BCUT2D eigenvalue weighted by Gasteiger charge is -2.04. The van der Waals surface area contributed by atoms with Gasteiger partial charge in [0, 0.05) is 24.7 Å². The van der Waals surface area contributed by atoms with Crippen LogP contribution in [0.25, 0.3) is 11.0 Å². The number of carbonyl (C=O) groups excluding carboxylic acids is 1. The van der Waals surface area contributed by atoms with Crippen molar-refractivity contribution >= 4 is 34.2 Å². The smallest absolute Gasteiger partial charge is 0.224 e. The molecule has 0 radical (unpaired) electrons.